The van der Waals surface area contributed by atoms with E-state index in [9.17, 15) is 4.79 Å². The van der Waals surface area contributed by atoms with Crippen LogP contribution in [0.15, 0.2) is 46.6 Å². The van der Waals surface area contributed by atoms with Gasteiger partial charge in [-0.1, -0.05) is 28.1 Å². The zero-order chi connectivity index (χ0) is 9.97. The Morgan fingerprint density at radius 3 is 2.43 bits per heavy atom. The minimum atomic E-state index is -0.312. The number of hydrogen-bond donors (Lipinski definition) is 0. The number of benzene rings is 1. The van der Waals surface area contributed by atoms with E-state index in [1.54, 1.807) is 6.08 Å². The summed E-state index contributed by atoms with van der Waals surface area (Å²) in [6.07, 6.45) is 4.88. The van der Waals surface area contributed by atoms with E-state index in [1.807, 2.05) is 30.3 Å². The minimum Gasteiger partial charge on any atom is -0.423 e. The summed E-state index contributed by atoms with van der Waals surface area (Å²) in [4.78, 5) is 10.7. The molecular formula is C11H7BrO2. The van der Waals surface area contributed by atoms with Crippen LogP contribution in [0.3, 0.4) is 0 Å². The number of esters is 1. The van der Waals surface area contributed by atoms with Crippen molar-refractivity contribution < 1.29 is 9.53 Å². The molecule has 0 unspecified atom stereocenters. The van der Waals surface area contributed by atoms with Crippen LogP contribution in [-0.2, 0) is 9.53 Å². The molecule has 1 heterocycles. The largest absolute Gasteiger partial charge is 0.423 e. The van der Waals surface area contributed by atoms with Crippen LogP contribution in [-0.4, -0.2) is 5.97 Å². The van der Waals surface area contributed by atoms with E-state index in [1.165, 1.54) is 6.08 Å². The molecular weight excluding hydrogens is 244 g/mol. The van der Waals surface area contributed by atoms with Crippen LogP contribution in [0.1, 0.15) is 5.56 Å². The molecule has 2 nitrogen and oxygen atoms in total. The zero-order valence-electron chi connectivity index (χ0n) is 7.24. The van der Waals surface area contributed by atoms with Crippen molar-refractivity contribution >= 4 is 28.0 Å². The van der Waals surface area contributed by atoms with Gasteiger partial charge < -0.3 is 4.74 Å². The first-order valence-electron chi connectivity index (χ1n) is 4.11. The van der Waals surface area contributed by atoms with Crippen LogP contribution in [0.25, 0.3) is 6.08 Å². The smallest absolute Gasteiger partial charge is 0.336 e. The van der Waals surface area contributed by atoms with Gasteiger partial charge in [-0.05, 0) is 29.8 Å². The lowest BCUT2D eigenvalue weighted by Crippen LogP contribution is -1.89. The van der Waals surface area contributed by atoms with Crippen molar-refractivity contribution in [2.24, 2.45) is 0 Å². The van der Waals surface area contributed by atoms with Gasteiger partial charge in [0.2, 0.25) is 0 Å². The fraction of sp³-hybridized carbons (Fsp3) is 0. The van der Waals surface area contributed by atoms with Gasteiger partial charge >= 0.3 is 5.97 Å². The average Bonchev–Trinajstić information content (AvgIpc) is 2.56. The van der Waals surface area contributed by atoms with E-state index in [2.05, 4.69) is 15.9 Å². The summed E-state index contributed by atoms with van der Waals surface area (Å²) in [6, 6.07) is 7.76. The van der Waals surface area contributed by atoms with Gasteiger partial charge in [-0.25, -0.2) is 4.79 Å². The highest BCUT2D eigenvalue weighted by molar-refractivity contribution is 9.10. The van der Waals surface area contributed by atoms with Crippen molar-refractivity contribution in [3.05, 3.63) is 52.2 Å². The number of carbonyl (C=O) groups is 1. The number of hydrogen-bond acceptors (Lipinski definition) is 2. The second-order valence-corrected chi connectivity index (χ2v) is 3.77. The van der Waals surface area contributed by atoms with E-state index in [4.69, 9.17) is 4.74 Å². The molecule has 0 aromatic heterocycles. The Kier molecular flexibility index (Phi) is 2.50. The fourth-order valence-electron chi connectivity index (χ4n) is 1.14. The quantitative estimate of drug-likeness (QED) is 0.717. The SMILES string of the molecule is O=C1C=C/C(=C/c2ccc(Br)cc2)O1. The van der Waals surface area contributed by atoms with E-state index >= 15 is 0 Å². The predicted molar refractivity (Wildman–Crippen MR) is 57.4 cm³/mol. The molecule has 1 aliphatic rings. The summed E-state index contributed by atoms with van der Waals surface area (Å²) in [5.41, 5.74) is 1.00. The standard InChI is InChI=1S/C11H7BrO2/c12-9-3-1-8(2-4-9)7-10-5-6-11(13)14-10/h1-7H/b10-7-. The third-order valence-corrected chi connectivity index (χ3v) is 2.31. The Bertz CT molecular complexity index is 415. The maximum absolute atomic E-state index is 10.7. The van der Waals surface area contributed by atoms with Crippen LogP contribution in [0.5, 0.6) is 0 Å². The number of allylic oxidation sites excluding steroid dienone is 1. The van der Waals surface area contributed by atoms with Gasteiger partial charge in [0.15, 0.2) is 0 Å². The normalized spacial score (nSPS) is 17.5. The molecule has 0 radical (unpaired) electrons. The zero-order valence-corrected chi connectivity index (χ0v) is 8.82. The van der Waals surface area contributed by atoms with Crippen molar-refractivity contribution in [1.82, 2.24) is 0 Å². The number of carbonyl (C=O) groups excluding carboxylic acids is 1. The first-order valence-corrected chi connectivity index (χ1v) is 4.90. The van der Waals surface area contributed by atoms with Gasteiger partial charge in [-0.2, -0.15) is 0 Å². The molecule has 0 amide bonds. The third kappa shape index (κ3) is 2.12. The van der Waals surface area contributed by atoms with Gasteiger partial charge in [-0.15, -0.1) is 0 Å². The molecule has 3 heteroatoms. The maximum Gasteiger partial charge on any atom is 0.336 e. The number of rotatable bonds is 1. The average molecular weight is 251 g/mol. The van der Waals surface area contributed by atoms with Gasteiger partial charge in [0.25, 0.3) is 0 Å². The second-order valence-electron chi connectivity index (χ2n) is 2.85. The fourth-order valence-corrected chi connectivity index (χ4v) is 1.40. The summed E-state index contributed by atoms with van der Waals surface area (Å²) in [6.45, 7) is 0. The summed E-state index contributed by atoms with van der Waals surface area (Å²) < 4.78 is 5.92. The van der Waals surface area contributed by atoms with Crippen molar-refractivity contribution in [2.75, 3.05) is 0 Å². The lowest BCUT2D eigenvalue weighted by Gasteiger charge is -1.96. The molecule has 70 valence electrons. The first-order chi connectivity index (χ1) is 6.74. The molecule has 1 aliphatic heterocycles. The second kappa shape index (κ2) is 3.80. The van der Waals surface area contributed by atoms with Crippen LogP contribution < -0.4 is 0 Å². The molecule has 0 bridgehead atoms. The Morgan fingerprint density at radius 2 is 1.86 bits per heavy atom. The van der Waals surface area contributed by atoms with E-state index in [0.717, 1.165) is 10.0 Å². The molecule has 0 atom stereocenters. The Morgan fingerprint density at radius 1 is 1.14 bits per heavy atom. The van der Waals surface area contributed by atoms with E-state index in [-0.39, 0.29) is 5.97 Å². The van der Waals surface area contributed by atoms with Gasteiger partial charge in [0, 0.05) is 10.5 Å². The lowest BCUT2D eigenvalue weighted by atomic mass is 10.2. The van der Waals surface area contributed by atoms with Crippen LogP contribution in [0, 0.1) is 0 Å². The number of ether oxygens (including phenoxy) is 1. The predicted octanol–water partition coefficient (Wildman–Crippen LogP) is 2.90. The van der Waals surface area contributed by atoms with Crippen LogP contribution in [0.4, 0.5) is 0 Å². The summed E-state index contributed by atoms with van der Waals surface area (Å²) in [7, 11) is 0. The van der Waals surface area contributed by atoms with E-state index < -0.39 is 0 Å². The molecule has 0 aliphatic carbocycles. The maximum atomic E-state index is 10.7. The highest BCUT2D eigenvalue weighted by Gasteiger charge is 2.08. The van der Waals surface area contributed by atoms with Crippen molar-refractivity contribution in [3.63, 3.8) is 0 Å². The molecule has 0 saturated heterocycles. The monoisotopic (exact) mass is 250 g/mol. The highest BCUT2D eigenvalue weighted by Crippen LogP contribution is 2.16. The summed E-state index contributed by atoms with van der Waals surface area (Å²) >= 11 is 3.35. The van der Waals surface area contributed by atoms with Gasteiger partial charge in [0.05, 0.1) is 0 Å². The van der Waals surface area contributed by atoms with Crippen LogP contribution in [0.2, 0.25) is 0 Å². The topological polar surface area (TPSA) is 26.3 Å². The van der Waals surface area contributed by atoms with Gasteiger partial charge in [-0.3, -0.25) is 0 Å². The summed E-state index contributed by atoms with van der Waals surface area (Å²) in [5.74, 6) is 0.269. The van der Waals surface area contributed by atoms with Crippen molar-refractivity contribution in [2.45, 2.75) is 0 Å². The Labute approximate surface area is 90.0 Å². The van der Waals surface area contributed by atoms with Crippen molar-refractivity contribution in [3.8, 4) is 0 Å². The highest BCUT2D eigenvalue weighted by atomic mass is 79.9. The molecule has 14 heavy (non-hydrogen) atoms. The Hall–Kier alpha value is -1.35. The lowest BCUT2D eigenvalue weighted by molar-refractivity contribution is -0.132. The van der Waals surface area contributed by atoms with Crippen molar-refractivity contribution in [1.29, 1.82) is 0 Å². The van der Waals surface area contributed by atoms with Gasteiger partial charge in [0.1, 0.15) is 5.76 Å². The Balaban J connectivity index is 2.22. The minimum absolute atomic E-state index is 0.312. The summed E-state index contributed by atoms with van der Waals surface area (Å²) in [5, 5.41) is 0. The molecule has 0 saturated carbocycles. The van der Waals surface area contributed by atoms with Crippen LogP contribution >= 0.6 is 15.9 Å². The molecule has 1 aromatic carbocycles. The third-order valence-electron chi connectivity index (χ3n) is 1.78. The molecule has 0 fully saturated rings. The number of halogens is 1. The molecule has 0 spiro atoms. The molecule has 1 aromatic rings. The number of cyclic esters (lactones) is 1. The van der Waals surface area contributed by atoms with E-state index in [0.29, 0.717) is 5.76 Å². The first kappa shape index (κ1) is 9.21. The molecule has 2 rings (SSSR count). The molecule has 0 N–H and O–H groups in total.